The van der Waals surface area contributed by atoms with Gasteiger partial charge in [0, 0.05) is 35.4 Å². The van der Waals surface area contributed by atoms with E-state index >= 15 is 0 Å². The summed E-state index contributed by atoms with van der Waals surface area (Å²) in [5, 5.41) is 12.1. The summed E-state index contributed by atoms with van der Waals surface area (Å²) in [4.78, 5) is 4.66. The predicted molar refractivity (Wildman–Crippen MR) is 124 cm³/mol. The molecule has 1 saturated carbocycles. The van der Waals surface area contributed by atoms with Crippen LogP contribution < -0.4 is 11.1 Å². The fourth-order valence-corrected chi connectivity index (χ4v) is 4.64. The van der Waals surface area contributed by atoms with Crippen molar-refractivity contribution in [3.63, 3.8) is 0 Å². The van der Waals surface area contributed by atoms with Gasteiger partial charge in [0.2, 0.25) is 0 Å². The summed E-state index contributed by atoms with van der Waals surface area (Å²) < 4.78 is 0. The second-order valence-electron chi connectivity index (χ2n) is 8.51. The topological polar surface area (TPSA) is 74.8 Å². The van der Waals surface area contributed by atoms with Crippen LogP contribution >= 0.6 is 0 Å². The van der Waals surface area contributed by atoms with Gasteiger partial charge >= 0.3 is 0 Å². The molecule has 0 aliphatic heterocycles. The third kappa shape index (κ3) is 5.81. The van der Waals surface area contributed by atoms with Crippen LogP contribution in [0.4, 0.5) is 11.4 Å². The molecule has 29 heavy (non-hydrogen) atoms. The van der Waals surface area contributed by atoms with Gasteiger partial charge < -0.3 is 16.5 Å². The molecule has 2 aromatic rings. The predicted octanol–water partition coefficient (Wildman–Crippen LogP) is 5.86. The van der Waals surface area contributed by atoms with Crippen LogP contribution in [0.5, 0.6) is 0 Å². The summed E-state index contributed by atoms with van der Waals surface area (Å²) in [6.45, 7) is 5.36. The Labute approximate surface area is 175 Å². The zero-order chi connectivity index (χ0) is 20.6. The zero-order valence-corrected chi connectivity index (χ0v) is 18.0. The Hall–Kier alpha value is -2.36. The maximum atomic E-state index is 8.75. The summed E-state index contributed by atoms with van der Waals surface area (Å²) >= 11 is 0. The highest BCUT2D eigenvalue weighted by Gasteiger charge is 2.23. The van der Waals surface area contributed by atoms with E-state index in [4.69, 9.17) is 11.1 Å². The van der Waals surface area contributed by atoms with E-state index in [2.05, 4.69) is 48.4 Å². The summed E-state index contributed by atoms with van der Waals surface area (Å²) in [5.74, 6) is 1.37. The zero-order valence-electron chi connectivity index (χ0n) is 18.0. The highest BCUT2D eigenvalue weighted by Crippen LogP contribution is 2.32. The first-order chi connectivity index (χ1) is 14.1. The number of rotatable bonds is 9. The minimum absolute atomic E-state index is 0.591. The average Bonchev–Trinajstić information content (AvgIpc) is 2.73. The molecular weight excluding hydrogens is 356 g/mol. The number of nitrogens with one attached hydrogen (secondary N) is 2. The van der Waals surface area contributed by atoms with E-state index in [-0.39, 0.29) is 0 Å². The Kier molecular flexibility index (Phi) is 7.68. The maximum Gasteiger partial charge on any atom is 0.0517 e. The van der Waals surface area contributed by atoms with Gasteiger partial charge in [-0.15, -0.1) is 0 Å². The number of nitrogen functional groups attached to an aromatic ring is 1. The first-order valence-electron chi connectivity index (χ1n) is 11.2. The Morgan fingerprint density at radius 3 is 2.79 bits per heavy atom. The summed E-state index contributed by atoms with van der Waals surface area (Å²) in [5.41, 5.74) is 11.9. The molecule has 1 aromatic heterocycles. The number of aryl methyl sites for hydroxylation is 1. The van der Waals surface area contributed by atoms with Crippen molar-refractivity contribution in [2.75, 3.05) is 17.6 Å². The SMILES string of the molecule is CCNc1cccc(CCC(=N)c2c(N)ccnc2CC(C)C2CCCCC2)c1. The number of benzene rings is 1. The molecule has 1 aliphatic carbocycles. The largest absolute Gasteiger partial charge is 0.398 e. The molecule has 0 saturated heterocycles. The van der Waals surface area contributed by atoms with Crippen molar-refractivity contribution in [3.8, 4) is 0 Å². The van der Waals surface area contributed by atoms with E-state index in [0.717, 1.165) is 42.2 Å². The van der Waals surface area contributed by atoms with Crippen LogP contribution in [0.3, 0.4) is 0 Å². The third-order valence-electron chi connectivity index (χ3n) is 6.30. The number of nitrogens with two attached hydrogens (primary N) is 1. The van der Waals surface area contributed by atoms with Crippen molar-refractivity contribution in [2.45, 2.75) is 65.2 Å². The summed E-state index contributed by atoms with van der Waals surface area (Å²) in [6.07, 6.45) is 11.0. The van der Waals surface area contributed by atoms with E-state index in [0.29, 0.717) is 23.7 Å². The number of nitrogens with zero attached hydrogens (tertiary/aromatic N) is 1. The maximum absolute atomic E-state index is 8.75. The van der Waals surface area contributed by atoms with Gasteiger partial charge in [-0.05, 0) is 61.8 Å². The number of pyridine rings is 1. The van der Waals surface area contributed by atoms with Crippen molar-refractivity contribution < 1.29 is 0 Å². The third-order valence-corrected chi connectivity index (χ3v) is 6.30. The number of aromatic nitrogens is 1. The lowest BCUT2D eigenvalue weighted by molar-refractivity contribution is 0.261. The number of hydrogen-bond donors (Lipinski definition) is 3. The van der Waals surface area contributed by atoms with Crippen LogP contribution in [-0.4, -0.2) is 17.2 Å². The summed E-state index contributed by atoms with van der Waals surface area (Å²) in [7, 11) is 0. The van der Waals surface area contributed by atoms with Gasteiger partial charge in [0.05, 0.1) is 5.69 Å². The Morgan fingerprint density at radius 1 is 1.24 bits per heavy atom. The molecule has 1 aromatic carbocycles. The first-order valence-corrected chi connectivity index (χ1v) is 11.2. The van der Waals surface area contributed by atoms with E-state index < -0.39 is 0 Å². The van der Waals surface area contributed by atoms with Crippen LogP contribution in [0.25, 0.3) is 0 Å². The van der Waals surface area contributed by atoms with Gasteiger partial charge in [0.1, 0.15) is 0 Å². The molecular formula is C25H36N4. The molecule has 4 nitrogen and oxygen atoms in total. The smallest absolute Gasteiger partial charge is 0.0517 e. The van der Waals surface area contributed by atoms with Crippen molar-refractivity contribution in [3.05, 3.63) is 53.3 Å². The molecule has 1 atom stereocenters. The minimum Gasteiger partial charge on any atom is -0.398 e. The van der Waals surface area contributed by atoms with Gasteiger partial charge in [-0.2, -0.15) is 0 Å². The lowest BCUT2D eigenvalue weighted by atomic mass is 9.78. The van der Waals surface area contributed by atoms with Crippen molar-refractivity contribution in [1.29, 1.82) is 5.41 Å². The van der Waals surface area contributed by atoms with Crippen molar-refractivity contribution in [1.82, 2.24) is 4.98 Å². The van der Waals surface area contributed by atoms with Gasteiger partial charge in [-0.3, -0.25) is 4.98 Å². The highest BCUT2D eigenvalue weighted by atomic mass is 14.8. The lowest BCUT2D eigenvalue weighted by Crippen LogP contribution is -2.20. The van der Waals surface area contributed by atoms with E-state index in [1.165, 1.54) is 37.7 Å². The number of hydrogen-bond acceptors (Lipinski definition) is 4. The Morgan fingerprint density at radius 2 is 2.03 bits per heavy atom. The van der Waals surface area contributed by atoms with Gasteiger partial charge in [-0.25, -0.2) is 0 Å². The molecule has 0 spiro atoms. The molecule has 0 bridgehead atoms. The summed E-state index contributed by atoms with van der Waals surface area (Å²) in [6, 6.07) is 10.3. The molecule has 3 rings (SSSR count). The van der Waals surface area contributed by atoms with Crippen LogP contribution in [0.2, 0.25) is 0 Å². The normalized spacial score (nSPS) is 15.8. The van der Waals surface area contributed by atoms with Gasteiger partial charge in [-0.1, -0.05) is 51.2 Å². The fraction of sp³-hybridized carbons (Fsp3) is 0.520. The average molecular weight is 393 g/mol. The fourth-order valence-electron chi connectivity index (χ4n) is 4.64. The standard InChI is InChI=1S/C25H36N4/c1-3-28-21-11-7-8-19(17-21)12-13-22(26)25-23(27)14-15-29-24(25)16-18(2)20-9-5-4-6-10-20/h7-8,11,14-15,17-18,20,26,28H,3-6,9-10,12-13,16H2,1-2H3,(H2,27,29). The van der Waals surface area contributed by atoms with E-state index in [9.17, 15) is 0 Å². The van der Waals surface area contributed by atoms with Crippen molar-refractivity contribution >= 4 is 17.1 Å². The molecule has 0 amide bonds. The monoisotopic (exact) mass is 392 g/mol. The quantitative estimate of drug-likeness (QED) is 0.468. The van der Waals surface area contributed by atoms with Crippen LogP contribution in [0, 0.1) is 17.2 Å². The van der Waals surface area contributed by atoms with Gasteiger partial charge in [0.15, 0.2) is 0 Å². The lowest BCUT2D eigenvalue weighted by Gasteiger charge is -2.28. The molecule has 1 unspecified atom stereocenters. The van der Waals surface area contributed by atoms with Gasteiger partial charge in [0.25, 0.3) is 0 Å². The van der Waals surface area contributed by atoms with Crippen molar-refractivity contribution in [2.24, 2.45) is 11.8 Å². The van der Waals surface area contributed by atoms with E-state index in [1.54, 1.807) is 6.20 Å². The molecule has 1 aliphatic rings. The second kappa shape index (κ2) is 10.4. The van der Waals surface area contributed by atoms with Crippen LogP contribution in [0.1, 0.15) is 69.2 Å². The molecule has 1 heterocycles. The minimum atomic E-state index is 0.591. The van der Waals surface area contributed by atoms with Crippen LogP contribution in [-0.2, 0) is 12.8 Å². The molecule has 156 valence electrons. The Balaban J connectivity index is 1.69. The molecule has 4 heteroatoms. The van der Waals surface area contributed by atoms with Crippen LogP contribution in [0.15, 0.2) is 36.5 Å². The highest BCUT2D eigenvalue weighted by molar-refractivity contribution is 6.03. The second-order valence-corrected chi connectivity index (χ2v) is 8.51. The number of anilines is 2. The van der Waals surface area contributed by atoms with E-state index in [1.807, 2.05) is 6.07 Å². The molecule has 1 fully saturated rings. The first kappa shape index (κ1) is 21.4. The molecule has 0 radical (unpaired) electrons. The molecule has 4 N–H and O–H groups in total. The Bertz CT molecular complexity index is 808.